The maximum atomic E-state index is 13.2. The summed E-state index contributed by atoms with van der Waals surface area (Å²) in [5.74, 6) is -1.61. The average Bonchev–Trinajstić information content (AvgIpc) is 3.03. The lowest BCUT2D eigenvalue weighted by Gasteiger charge is -2.06. The molecule has 0 saturated carbocycles. The highest BCUT2D eigenvalue weighted by Crippen LogP contribution is 2.38. The molecule has 0 atom stereocenters. The number of rotatable bonds is 3. The van der Waals surface area contributed by atoms with Gasteiger partial charge in [0.25, 0.3) is 0 Å². The largest absolute Gasteiger partial charge is 0.477 e. The van der Waals surface area contributed by atoms with Crippen LogP contribution >= 0.6 is 11.3 Å². The Labute approximate surface area is 132 Å². The summed E-state index contributed by atoms with van der Waals surface area (Å²) in [6, 6.07) is 7.35. The lowest BCUT2D eigenvalue weighted by atomic mass is 10.1. The number of hydrogen-bond donors (Lipinski definition) is 1. The van der Waals surface area contributed by atoms with Crippen molar-refractivity contribution < 1.29 is 23.1 Å². The van der Waals surface area contributed by atoms with Gasteiger partial charge in [-0.2, -0.15) is 13.2 Å². The summed E-state index contributed by atoms with van der Waals surface area (Å²) in [6.45, 7) is 2.00. The van der Waals surface area contributed by atoms with Gasteiger partial charge in [0.15, 0.2) is 10.7 Å². The number of nitrogens with zero attached hydrogens (tertiary/aromatic N) is 2. The Hall–Kier alpha value is -2.35. The molecule has 1 aromatic carbocycles. The fraction of sp³-hybridized carbons (Fsp3) is 0.200. The van der Waals surface area contributed by atoms with Gasteiger partial charge < -0.3 is 5.11 Å². The van der Waals surface area contributed by atoms with Crippen LogP contribution in [0.4, 0.5) is 13.2 Å². The first-order chi connectivity index (χ1) is 10.8. The van der Waals surface area contributed by atoms with Crippen molar-refractivity contribution in [3.05, 3.63) is 46.6 Å². The number of carboxylic acid groups (broad SMARTS) is 1. The van der Waals surface area contributed by atoms with Crippen molar-refractivity contribution in [1.82, 2.24) is 9.38 Å². The minimum absolute atomic E-state index is 0.00398. The monoisotopic (exact) mass is 340 g/mol. The Morgan fingerprint density at radius 3 is 2.48 bits per heavy atom. The molecule has 0 fully saturated rings. The number of aryl methyl sites for hydroxylation is 1. The number of imidazole rings is 1. The third-order valence-electron chi connectivity index (χ3n) is 3.44. The van der Waals surface area contributed by atoms with Gasteiger partial charge in [0.05, 0.1) is 5.69 Å². The molecule has 0 spiro atoms. The Bertz CT molecular complexity index is 879. The van der Waals surface area contributed by atoms with Gasteiger partial charge in [-0.3, -0.25) is 4.40 Å². The number of aromatic carboxylic acids is 1. The summed E-state index contributed by atoms with van der Waals surface area (Å²) < 4.78 is 40.3. The topological polar surface area (TPSA) is 54.6 Å². The zero-order chi connectivity index (χ0) is 16.8. The molecule has 1 N–H and O–H groups in total. The molecule has 4 nitrogen and oxygen atoms in total. The molecule has 3 rings (SSSR count). The van der Waals surface area contributed by atoms with Crippen LogP contribution in [0, 0.1) is 0 Å². The molecule has 23 heavy (non-hydrogen) atoms. The smallest absolute Gasteiger partial charge is 0.433 e. The first-order valence-electron chi connectivity index (χ1n) is 6.73. The number of carbonyl (C=O) groups is 1. The lowest BCUT2D eigenvalue weighted by molar-refractivity contribution is -0.142. The second-order valence-electron chi connectivity index (χ2n) is 4.91. The molecular weight excluding hydrogens is 329 g/mol. The summed E-state index contributed by atoms with van der Waals surface area (Å²) >= 11 is 0.514. The summed E-state index contributed by atoms with van der Waals surface area (Å²) in [6.07, 6.45) is -2.68. The van der Waals surface area contributed by atoms with Gasteiger partial charge in [-0.25, -0.2) is 9.78 Å². The van der Waals surface area contributed by atoms with Crippen LogP contribution in [0.2, 0.25) is 0 Å². The second kappa shape index (κ2) is 5.38. The molecule has 2 heterocycles. The van der Waals surface area contributed by atoms with Crippen LogP contribution in [-0.2, 0) is 12.6 Å². The highest BCUT2D eigenvalue weighted by Gasteiger charge is 2.40. The number of aromatic nitrogens is 2. The molecule has 0 unspecified atom stereocenters. The van der Waals surface area contributed by atoms with E-state index in [9.17, 15) is 18.0 Å². The van der Waals surface area contributed by atoms with Crippen molar-refractivity contribution in [1.29, 1.82) is 0 Å². The van der Waals surface area contributed by atoms with Gasteiger partial charge >= 0.3 is 12.1 Å². The van der Waals surface area contributed by atoms with Crippen LogP contribution in [0.1, 0.15) is 27.9 Å². The highest BCUT2D eigenvalue weighted by molar-refractivity contribution is 7.19. The van der Waals surface area contributed by atoms with Crippen LogP contribution in [0.25, 0.3) is 16.2 Å². The number of carboxylic acids is 1. The first kappa shape index (κ1) is 15.5. The zero-order valence-electron chi connectivity index (χ0n) is 11.9. The predicted octanol–water partition coefficient (Wildman–Crippen LogP) is 4.34. The first-order valence-corrected chi connectivity index (χ1v) is 7.54. The minimum atomic E-state index is -4.77. The normalized spacial score (nSPS) is 12.0. The molecule has 0 amide bonds. The van der Waals surface area contributed by atoms with E-state index in [2.05, 4.69) is 4.98 Å². The van der Waals surface area contributed by atoms with Crippen molar-refractivity contribution in [3.8, 4) is 11.3 Å². The molecule has 120 valence electrons. The number of benzene rings is 1. The molecule has 8 heteroatoms. The maximum Gasteiger partial charge on any atom is 0.433 e. The average molecular weight is 340 g/mol. The fourth-order valence-corrected chi connectivity index (χ4v) is 3.27. The van der Waals surface area contributed by atoms with E-state index in [1.807, 2.05) is 19.1 Å². The van der Waals surface area contributed by atoms with E-state index in [1.54, 1.807) is 12.1 Å². The maximum absolute atomic E-state index is 13.2. The third-order valence-corrected chi connectivity index (χ3v) is 4.49. The van der Waals surface area contributed by atoms with Gasteiger partial charge in [0, 0.05) is 11.8 Å². The number of fused-ring (bicyclic) bond motifs is 1. The van der Waals surface area contributed by atoms with Crippen molar-refractivity contribution in [2.45, 2.75) is 19.5 Å². The van der Waals surface area contributed by atoms with Crippen LogP contribution in [-0.4, -0.2) is 20.5 Å². The van der Waals surface area contributed by atoms with E-state index in [4.69, 9.17) is 5.11 Å². The minimum Gasteiger partial charge on any atom is -0.477 e. The van der Waals surface area contributed by atoms with E-state index in [1.165, 1.54) is 6.20 Å². The van der Waals surface area contributed by atoms with Gasteiger partial charge in [0.1, 0.15) is 4.88 Å². The SMILES string of the molecule is CCc1ccc(-c2cn3c(C(F)(F)F)c(C(=O)O)sc3n2)cc1. The fourth-order valence-electron chi connectivity index (χ4n) is 2.31. The summed E-state index contributed by atoms with van der Waals surface area (Å²) in [5.41, 5.74) is 0.970. The van der Waals surface area contributed by atoms with Crippen LogP contribution in [0.3, 0.4) is 0 Å². The number of hydrogen-bond acceptors (Lipinski definition) is 3. The molecular formula is C15H11F3N2O2S. The van der Waals surface area contributed by atoms with E-state index in [0.717, 1.165) is 16.4 Å². The van der Waals surface area contributed by atoms with E-state index >= 15 is 0 Å². The quantitative estimate of drug-likeness (QED) is 0.771. The molecule has 0 radical (unpaired) electrons. The van der Waals surface area contributed by atoms with Crippen LogP contribution in [0.5, 0.6) is 0 Å². The van der Waals surface area contributed by atoms with Gasteiger partial charge in [-0.15, -0.1) is 0 Å². The zero-order valence-corrected chi connectivity index (χ0v) is 12.7. The van der Waals surface area contributed by atoms with Crippen molar-refractivity contribution >= 4 is 22.3 Å². The van der Waals surface area contributed by atoms with Crippen molar-refractivity contribution in [3.63, 3.8) is 0 Å². The molecule has 0 bridgehead atoms. The van der Waals surface area contributed by atoms with Gasteiger partial charge in [-0.1, -0.05) is 42.5 Å². The predicted molar refractivity (Wildman–Crippen MR) is 79.8 cm³/mol. The molecule has 0 aliphatic heterocycles. The summed E-state index contributed by atoms with van der Waals surface area (Å²) in [7, 11) is 0. The Balaban J connectivity index is 2.15. The summed E-state index contributed by atoms with van der Waals surface area (Å²) in [4.78, 5) is 14.4. The molecule has 2 aromatic heterocycles. The van der Waals surface area contributed by atoms with E-state index in [-0.39, 0.29) is 4.96 Å². The van der Waals surface area contributed by atoms with Crippen molar-refractivity contribution in [2.75, 3.05) is 0 Å². The van der Waals surface area contributed by atoms with Crippen molar-refractivity contribution in [2.24, 2.45) is 0 Å². The van der Waals surface area contributed by atoms with E-state index in [0.29, 0.717) is 22.6 Å². The molecule has 3 aromatic rings. The third kappa shape index (κ3) is 2.70. The van der Waals surface area contributed by atoms with Crippen LogP contribution < -0.4 is 0 Å². The standard InChI is InChI=1S/C15H11F3N2O2S/c1-2-8-3-5-9(6-4-8)10-7-20-12(15(16,17)18)11(13(21)22)23-14(20)19-10/h3-7H,2H2,1H3,(H,21,22). The number of halogens is 3. The molecule has 0 saturated heterocycles. The molecule has 0 aliphatic carbocycles. The lowest BCUT2D eigenvalue weighted by Crippen LogP contribution is -2.13. The molecule has 0 aliphatic rings. The Morgan fingerprint density at radius 2 is 1.96 bits per heavy atom. The Kier molecular flexibility index (Phi) is 3.63. The van der Waals surface area contributed by atoms with Gasteiger partial charge in [0.2, 0.25) is 0 Å². The second-order valence-corrected chi connectivity index (χ2v) is 5.89. The highest BCUT2D eigenvalue weighted by atomic mass is 32.1. The van der Waals surface area contributed by atoms with Gasteiger partial charge in [-0.05, 0) is 12.0 Å². The van der Waals surface area contributed by atoms with Crippen LogP contribution in [0.15, 0.2) is 30.5 Å². The Morgan fingerprint density at radius 1 is 1.30 bits per heavy atom. The number of thiazole rings is 1. The number of alkyl halides is 3. The van der Waals surface area contributed by atoms with E-state index < -0.39 is 22.7 Å². The summed E-state index contributed by atoms with van der Waals surface area (Å²) in [5, 5.41) is 8.96.